The molecule has 9 heteroatoms. The molecule has 0 aliphatic carbocycles. The van der Waals surface area contributed by atoms with E-state index >= 15 is 0 Å². The van der Waals surface area contributed by atoms with Gasteiger partial charge in [0.05, 0.1) is 30.5 Å². The van der Waals surface area contributed by atoms with E-state index in [1.54, 1.807) is 9.80 Å². The lowest BCUT2D eigenvalue weighted by Crippen LogP contribution is -2.59. The topological polar surface area (TPSA) is 72.5 Å². The summed E-state index contributed by atoms with van der Waals surface area (Å²) in [6, 6.07) is 16.8. The molecule has 2 N–H and O–H groups in total. The zero-order valence-electron chi connectivity index (χ0n) is 18.4. The lowest BCUT2D eigenvalue weighted by molar-refractivity contribution is -0.137. The Balaban J connectivity index is 1.41. The number of nitrogens with one attached hydrogen (secondary N) is 1. The summed E-state index contributed by atoms with van der Waals surface area (Å²) < 4.78 is 39.1. The number of carbonyl (C=O) groups excluding carboxylic acids is 1. The van der Waals surface area contributed by atoms with E-state index < -0.39 is 17.8 Å². The van der Waals surface area contributed by atoms with Gasteiger partial charge in [-0.3, -0.25) is 5.10 Å². The molecule has 0 radical (unpaired) electrons. The zero-order valence-corrected chi connectivity index (χ0v) is 18.4. The number of aliphatic hydroxyl groups excluding tert-OH is 1. The van der Waals surface area contributed by atoms with Crippen LogP contribution in [0.5, 0.6) is 0 Å². The number of aromatic amines is 1. The van der Waals surface area contributed by atoms with Crippen molar-refractivity contribution in [3.05, 3.63) is 77.5 Å². The number of hydrogen-bond acceptors (Lipinski definition) is 3. The fraction of sp³-hybridized carbons (Fsp3) is 0.360. The van der Waals surface area contributed by atoms with E-state index in [-0.39, 0.29) is 17.9 Å². The summed E-state index contributed by atoms with van der Waals surface area (Å²) >= 11 is 0. The molecule has 2 unspecified atom stereocenters. The predicted molar refractivity (Wildman–Crippen MR) is 120 cm³/mol. The number of carbonyl (C=O) groups is 1. The lowest BCUT2D eigenvalue weighted by Gasteiger charge is -2.44. The minimum absolute atomic E-state index is 0.0545. The molecule has 0 spiro atoms. The van der Waals surface area contributed by atoms with Crippen molar-refractivity contribution in [1.82, 2.24) is 20.0 Å². The third kappa shape index (κ3) is 4.52. The molecule has 178 valence electrons. The standard InChI is InChI=1S/C25H25F3N4O2/c26-25(27,28)20-8-6-16(7-9-20)18-10-19(13-31(12-18)24(34)32-14-21(33)15-32)23-11-22(29-30-23)17-4-2-1-3-5-17/h1-9,11,18-19,21,33H,10,12-15H2,(H,29,30). The molecule has 1 aromatic heterocycles. The number of hydrogen-bond donors (Lipinski definition) is 2. The van der Waals surface area contributed by atoms with E-state index in [4.69, 9.17) is 0 Å². The minimum atomic E-state index is -4.39. The second-order valence-corrected chi connectivity index (χ2v) is 9.07. The van der Waals surface area contributed by atoms with Crippen molar-refractivity contribution in [1.29, 1.82) is 0 Å². The van der Waals surface area contributed by atoms with Crippen molar-refractivity contribution in [2.24, 2.45) is 0 Å². The van der Waals surface area contributed by atoms with Crippen molar-refractivity contribution >= 4 is 6.03 Å². The molecule has 2 amide bonds. The number of likely N-dealkylation sites (tertiary alicyclic amines) is 2. The normalized spacial score (nSPS) is 21.4. The first kappa shape index (κ1) is 22.5. The van der Waals surface area contributed by atoms with Gasteiger partial charge in [0, 0.05) is 36.2 Å². The number of alkyl halides is 3. The average Bonchev–Trinajstić information content (AvgIpc) is 3.32. The molecule has 5 rings (SSSR count). The summed E-state index contributed by atoms with van der Waals surface area (Å²) in [5, 5.41) is 17.2. The predicted octanol–water partition coefficient (Wildman–Crippen LogP) is 4.47. The van der Waals surface area contributed by atoms with Gasteiger partial charge in [0.2, 0.25) is 0 Å². The highest BCUT2D eigenvalue weighted by molar-refractivity contribution is 5.76. The maximum atomic E-state index is 13.1. The second kappa shape index (κ2) is 8.79. The van der Waals surface area contributed by atoms with Crippen molar-refractivity contribution in [2.75, 3.05) is 26.2 Å². The average molecular weight is 470 g/mol. The molecule has 6 nitrogen and oxygen atoms in total. The number of halogens is 3. The van der Waals surface area contributed by atoms with E-state index in [2.05, 4.69) is 10.2 Å². The number of H-pyrrole nitrogens is 1. The van der Waals surface area contributed by atoms with Crippen LogP contribution in [0.4, 0.5) is 18.0 Å². The molecule has 3 heterocycles. The SMILES string of the molecule is O=C(N1CC(O)C1)N1CC(c2ccc(C(F)(F)F)cc2)CC(c2cc(-c3ccccc3)n[nH]2)C1. The largest absolute Gasteiger partial charge is 0.416 e. The lowest BCUT2D eigenvalue weighted by atomic mass is 9.82. The molecular weight excluding hydrogens is 445 g/mol. The molecule has 2 aromatic carbocycles. The van der Waals surface area contributed by atoms with Crippen LogP contribution in [-0.4, -0.2) is 63.4 Å². The van der Waals surface area contributed by atoms with E-state index in [9.17, 15) is 23.1 Å². The summed E-state index contributed by atoms with van der Waals surface area (Å²) in [4.78, 5) is 16.4. The smallest absolute Gasteiger partial charge is 0.389 e. The van der Waals surface area contributed by atoms with Crippen LogP contribution < -0.4 is 0 Å². The first-order chi connectivity index (χ1) is 16.3. The van der Waals surface area contributed by atoms with E-state index in [0.717, 1.165) is 34.6 Å². The van der Waals surface area contributed by atoms with Crippen LogP contribution in [0.1, 0.15) is 35.1 Å². The van der Waals surface area contributed by atoms with Crippen LogP contribution in [0.2, 0.25) is 0 Å². The Bertz CT molecular complexity index is 1140. The van der Waals surface area contributed by atoms with Gasteiger partial charge in [-0.15, -0.1) is 0 Å². The van der Waals surface area contributed by atoms with Gasteiger partial charge in [-0.25, -0.2) is 4.79 Å². The van der Waals surface area contributed by atoms with Gasteiger partial charge in [-0.1, -0.05) is 42.5 Å². The van der Waals surface area contributed by atoms with Gasteiger partial charge >= 0.3 is 12.2 Å². The van der Waals surface area contributed by atoms with Crippen molar-refractivity contribution < 1.29 is 23.1 Å². The van der Waals surface area contributed by atoms with E-state index in [1.807, 2.05) is 36.4 Å². The summed E-state index contributed by atoms with van der Waals surface area (Å²) in [6.45, 7) is 1.48. The third-order valence-corrected chi connectivity index (χ3v) is 6.67. The number of urea groups is 1. The summed E-state index contributed by atoms with van der Waals surface area (Å²) in [5.41, 5.74) is 2.74. The van der Waals surface area contributed by atoms with Crippen LogP contribution in [0, 0.1) is 0 Å². The third-order valence-electron chi connectivity index (χ3n) is 6.67. The molecule has 0 saturated carbocycles. The van der Waals surface area contributed by atoms with Crippen LogP contribution in [0.3, 0.4) is 0 Å². The van der Waals surface area contributed by atoms with Crippen molar-refractivity contribution in [3.63, 3.8) is 0 Å². The van der Waals surface area contributed by atoms with Crippen LogP contribution >= 0.6 is 0 Å². The highest BCUT2D eigenvalue weighted by Crippen LogP contribution is 2.38. The second-order valence-electron chi connectivity index (χ2n) is 9.07. The van der Waals surface area contributed by atoms with Crippen LogP contribution in [-0.2, 0) is 6.18 Å². The van der Waals surface area contributed by atoms with E-state index in [1.165, 1.54) is 12.1 Å². The van der Waals surface area contributed by atoms with Crippen LogP contribution in [0.15, 0.2) is 60.7 Å². The number of aliphatic hydroxyl groups is 1. The molecule has 2 atom stereocenters. The number of β-amino-alcohol motifs (C(OH)–C–C–N with tert-alkyl or cyclic N) is 1. The van der Waals surface area contributed by atoms with Crippen molar-refractivity contribution in [3.8, 4) is 11.3 Å². The van der Waals surface area contributed by atoms with E-state index in [0.29, 0.717) is 32.6 Å². The molecule has 0 bridgehead atoms. The maximum Gasteiger partial charge on any atom is 0.416 e. The summed E-state index contributed by atoms with van der Waals surface area (Å²) in [5.74, 6) is -0.180. The Morgan fingerprint density at radius 1 is 0.941 bits per heavy atom. The Labute approximate surface area is 195 Å². The highest BCUT2D eigenvalue weighted by atomic mass is 19.4. The fourth-order valence-corrected chi connectivity index (χ4v) is 4.78. The quantitative estimate of drug-likeness (QED) is 0.594. The summed E-state index contributed by atoms with van der Waals surface area (Å²) in [7, 11) is 0. The number of piperidine rings is 1. The molecule has 2 saturated heterocycles. The van der Waals surface area contributed by atoms with Gasteiger partial charge in [0.1, 0.15) is 0 Å². The molecule has 2 aliphatic rings. The minimum Gasteiger partial charge on any atom is -0.389 e. The van der Waals surface area contributed by atoms with Crippen molar-refractivity contribution in [2.45, 2.75) is 30.5 Å². The zero-order chi connectivity index (χ0) is 23.9. The van der Waals surface area contributed by atoms with Gasteiger partial charge < -0.3 is 14.9 Å². The number of benzene rings is 2. The van der Waals surface area contributed by atoms with Crippen LogP contribution in [0.25, 0.3) is 11.3 Å². The Morgan fingerprint density at radius 2 is 1.59 bits per heavy atom. The molecular formula is C25H25F3N4O2. The number of amides is 2. The van der Waals surface area contributed by atoms with Gasteiger partial charge in [0.15, 0.2) is 0 Å². The first-order valence-corrected chi connectivity index (χ1v) is 11.3. The fourth-order valence-electron chi connectivity index (χ4n) is 4.78. The molecule has 2 fully saturated rings. The Morgan fingerprint density at radius 3 is 2.24 bits per heavy atom. The number of rotatable bonds is 3. The highest BCUT2D eigenvalue weighted by Gasteiger charge is 2.38. The molecule has 34 heavy (non-hydrogen) atoms. The number of nitrogens with zero attached hydrogens (tertiary/aromatic N) is 3. The first-order valence-electron chi connectivity index (χ1n) is 11.3. The number of aromatic nitrogens is 2. The Kier molecular flexibility index (Phi) is 5.81. The van der Waals surface area contributed by atoms with Gasteiger partial charge in [-0.2, -0.15) is 18.3 Å². The monoisotopic (exact) mass is 470 g/mol. The molecule has 2 aliphatic heterocycles. The summed E-state index contributed by atoms with van der Waals surface area (Å²) in [6.07, 6.45) is -4.22. The van der Waals surface area contributed by atoms with Gasteiger partial charge in [0.25, 0.3) is 0 Å². The van der Waals surface area contributed by atoms with Gasteiger partial charge in [-0.05, 0) is 30.2 Å². The molecule has 3 aromatic rings. The Hall–Kier alpha value is -3.33. The maximum absolute atomic E-state index is 13.1.